The molecule has 1 heterocycles. The Balaban J connectivity index is 2.03. The molecule has 1 saturated heterocycles. The van der Waals surface area contributed by atoms with Gasteiger partial charge in [0.15, 0.2) is 0 Å². The topological polar surface area (TPSA) is 58.9 Å². The molecule has 4 nitrogen and oxygen atoms in total. The fraction of sp³-hybridized carbons (Fsp3) is 0.657. The minimum Gasteiger partial charge on any atom is -0.507 e. The van der Waals surface area contributed by atoms with Gasteiger partial charge in [-0.2, -0.15) is 0 Å². The quantitative estimate of drug-likeness (QED) is 0.243. The molecule has 2 atom stereocenters. The van der Waals surface area contributed by atoms with Gasteiger partial charge in [-0.15, -0.1) is 23.5 Å². The summed E-state index contributed by atoms with van der Waals surface area (Å²) < 4.78 is 11.8. The lowest BCUT2D eigenvalue weighted by molar-refractivity contribution is -0.173. The minimum atomic E-state index is -0.462. The number of ether oxygens (including phenoxy) is 2. The van der Waals surface area contributed by atoms with Crippen LogP contribution in [0.15, 0.2) is 34.1 Å². The van der Waals surface area contributed by atoms with Gasteiger partial charge in [-0.25, -0.2) is 0 Å². The molecule has 0 radical (unpaired) electrons. The molecule has 1 aliphatic heterocycles. The maximum Gasteiger partial charge on any atom is 0.126 e. The van der Waals surface area contributed by atoms with E-state index in [4.69, 9.17) is 9.47 Å². The maximum absolute atomic E-state index is 11.2. The zero-order valence-corrected chi connectivity index (χ0v) is 29.5. The highest BCUT2D eigenvalue weighted by Gasteiger charge is 2.34. The zero-order chi connectivity index (χ0) is 31.3. The molecule has 6 heteroatoms. The molecule has 0 amide bonds. The monoisotopic (exact) mass is 602 g/mol. The number of aliphatic hydroxyl groups excluding tert-OH is 1. The normalized spacial score (nSPS) is 18.8. The number of benzene rings is 2. The van der Waals surface area contributed by atoms with E-state index in [0.29, 0.717) is 19.0 Å². The molecule has 230 valence electrons. The highest BCUT2D eigenvalue weighted by Crippen LogP contribution is 2.51. The van der Waals surface area contributed by atoms with Gasteiger partial charge in [0.05, 0.1) is 10.7 Å². The molecular formula is C35H54O4S2. The van der Waals surface area contributed by atoms with Crippen LogP contribution in [0.5, 0.6) is 11.5 Å². The molecule has 0 bridgehead atoms. The fourth-order valence-electron chi connectivity index (χ4n) is 4.97. The number of rotatable bonds is 7. The van der Waals surface area contributed by atoms with E-state index >= 15 is 0 Å². The number of phenolic OH excluding ortho intramolecular Hbond substituents is 1. The third-order valence-corrected chi connectivity index (χ3v) is 9.83. The van der Waals surface area contributed by atoms with E-state index in [9.17, 15) is 10.2 Å². The van der Waals surface area contributed by atoms with Crippen LogP contribution in [0, 0.1) is 0 Å². The number of phenols is 1. The first-order valence-corrected chi connectivity index (χ1v) is 16.4. The predicted octanol–water partition coefficient (Wildman–Crippen LogP) is 9.34. The van der Waals surface area contributed by atoms with E-state index in [1.807, 2.05) is 23.5 Å². The smallest absolute Gasteiger partial charge is 0.126 e. The zero-order valence-electron chi connectivity index (χ0n) is 27.9. The average molecular weight is 603 g/mol. The molecule has 0 spiro atoms. The Kier molecular flexibility index (Phi) is 9.69. The standard InChI is InChI=1S/C35H54O4S2/c1-31(2,3)23-15-21(16-24(29(23)37)32(4,5)6)40-35(13,14)41-22-17-25(33(7,8)9)30(26(18-22)34(10,11)12)39-20-28-27(36)19-38-28/h15-18,27-28,36-37H,19-20H2,1-14H3. The maximum atomic E-state index is 11.2. The molecular weight excluding hydrogens is 549 g/mol. The summed E-state index contributed by atoms with van der Waals surface area (Å²) in [7, 11) is 0. The molecule has 0 aliphatic carbocycles. The van der Waals surface area contributed by atoms with E-state index < -0.39 is 6.10 Å². The summed E-state index contributed by atoms with van der Waals surface area (Å²) >= 11 is 3.70. The van der Waals surface area contributed by atoms with Gasteiger partial charge in [-0.3, -0.25) is 0 Å². The molecule has 1 aliphatic rings. The van der Waals surface area contributed by atoms with Gasteiger partial charge in [-0.05, 0) is 59.8 Å². The number of aromatic hydroxyl groups is 1. The van der Waals surface area contributed by atoms with Crippen LogP contribution in [0.4, 0.5) is 0 Å². The van der Waals surface area contributed by atoms with Crippen molar-refractivity contribution in [3.8, 4) is 11.5 Å². The van der Waals surface area contributed by atoms with E-state index in [0.717, 1.165) is 28.0 Å². The van der Waals surface area contributed by atoms with Crippen molar-refractivity contribution in [1.82, 2.24) is 0 Å². The van der Waals surface area contributed by atoms with Gasteiger partial charge in [0.2, 0.25) is 0 Å². The summed E-state index contributed by atoms with van der Waals surface area (Å²) in [6.07, 6.45) is -0.738. The Morgan fingerprint density at radius 3 is 1.34 bits per heavy atom. The van der Waals surface area contributed by atoms with Crippen LogP contribution in [-0.4, -0.2) is 39.7 Å². The van der Waals surface area contributed by atoms with Crippen LogP contribution in [0.25, 0.3) is 0 Å². The second-order valence-electron chi connectivity index (χ2n) is 16.1. The number of thioether (sulfide) groups is 2. The van der Waals surface area contributed by atoms with Gasteiger partial charge >= 0.3 is 0 Å². The van der Waals surface area contributed by atoms with Crippen LogP contribution in [0.2, 0.25) is 0 Å². The first-order valence-electron chi connectivity index (χ1n) is 14.8. The Bertz CT molecular complexity index is 1170. The molecule has 0 aromatic heterocycles. The van der Waals surface area contributed by atoms with Crippen molar-refractivity contribution in [2.75, 3.05) is 13.2 Å². The van der Waals surface area contributed by atoms with Crippen LogP contribution in [0.1, 0.15) is 119 Å². The second-order valence-corrected chi connectivity index (χ2v) is 19.7. The second kappa shape index (κ2) is 11.6. The third-order valence-electron chi connectivity index (χ3n) is 7.41. The summed E-state index contributed by atoms with van der Waals surface area (Å²) in [4.78, 5) is 2.37. The van der Waals surface area contributed by atoms with Crippen LogP contribution in [-0.2, 0) is 26.4 Å². The van der Waals surface area contributed by atoms with Gasteiger partial charge in [0.25, 0.3) is 0 Å². The highest BCUT2D eigenvalue weighted by atomic mass is 32.2. The number of aliphatic hydroxyl groups is 1. The third kappa shape index (κ3) is 8.40. The van der Waals surface area contributed by atoms with Crippen molar-refractivity contribution >= 4 is 23.5 Å². The summed E-state index contributed by atoms with van der Waals surface area (Å²) in [5.41, 5.74) is 3.69. The van der Waals surface area contributed by atoms with Crippen LogP contribution >= 0.6 is 23.5 Å². The van der Waals surface area contributed by atoms with Crippen LogP contribution in [0.3, 0.4) is 0 Å². The molecule has 1 fully saturated rings. The molecule has 0 saturated carbocycles. The first-order chi connectivity index (χ1) is 18.4. The molecule has 2 aromatic rings. The number of hydrogen-bond donors (Lipinski definition) is 2. The van der Waals surface area contributed by atoms with Gasteiger partial charge in [-0.1, -0.05) is 83.1 Å². The lowest BCUT2D eigenvalue weighted by atomic mass is 9.79. The Morgan fingerprint density at radius 1 is 0.683 bits per heavy atom. The molecule has 2 aromatic carbocycles. The summed E-state index contributed by atoms with van der Waals surface area (Å²) in [5, 5.41) is 21.3. The van der Waals surface area contributed by atoms with Gasteiger partial charge in [0, 0.05) is 32.0 Å². The van der Waals surface area contributed by atoms with Crippen molar-refractivity contribution < 1.29 is 19.7 Å². The Hall–Kier alpha value is -1.34. The summed E-state index contributed by atoms with van der Waals surface area (Å²) in [6.45, 7) is 31.6. The van der Waals surface area contributed by atoms with Crippen molar-refractivity contribution in [3.05, 3.63) is 46.5 Å². The van der Waals surface area contributed by atoms with Crippen molar-refractivity contribution in [1.29, 1.82) is 0 Å². The lowest BCUT2D eigenvalue weighted by Crippen LogP contribution is -2.48. The van der Waals surface area contributed by atoms with Gasteiger partial charge < -0.3 is 19.7 Å². The molecule has 3 rings (SSSR count). The molecule has 2 unspecified atom stereocenters. The van der Waals surface area contributed by atoms with E-state index in [2.05, 4.69) is 121 Å². The van der Waals surface area contributed by atoms with E-state index in [1.54, 1.807) is 0 Å². The predicted molar refractivity (Wildman–Crippen MR) is 176 cm³/mol. The number of hydrogen-bond acceptors (Lipinski definition) is 6. The molecule has 2 N–H and O–H groups in total. The van der Waals surface area contributed by atoms with Gasteiger partial charge in [0.1, 0.15) is 30.3 Å². The molecule has 41 heavy (non-hydrogen) atoms. The van der Waals surface area contributed by atoms with E-state index in [-0.39, 0.29) is 31.8 Å². The Morgan fingerprint density at radius 2 is 1.05 bits per heavy atom. The average Bonchev–Trinajstić information content (AvgIpc) is 2.76. The summed E-state index contributed by atoms with van der Waals surface area (Å²) in [6, 6.07) is 8.92. The lowest BCUT2D eigenvalue weighted by Gasteiger charge is -2.35. The van der Waals surface area contributed by atoms with Crippen molar-refractivity contribution in [2.24, 2.45) is 0 Å². The van der Waals surface area contributed by atoms with Crippen molar-refractivity contribution in [2.45, 2.75) is 145 Å². The Labute approximate surface area is 258 Å². The van der Waals surface area contributed by atoms with Crippen molar-refractivity contribution in [3.63, 3.8) is 0 Å². The largest absolute Gasteiger partial charge is 0.507 e. The SMILES string of the molecule is CC(C)(Sc1cc(C(C)(C)C)c(O)c(C(C)(C)C)c1)Sc1cc(C(C)(C)C)c(OCC2OCC2O)c(C(C)(C)C)c1. The minimum absolute atomic E-state index is 0.136. The fourth-order valence-corrected chi connectivity index (χ4v) is 7.56. The van der Waals surface area contributed by atoms with Crippen LogP contribution < -0.4 is 4.74 Å². The van der Waals surface area contributed by atoms with E-state index in [1.165, 1.54) is 9.79 Å². The first kappa shape index (κ1) is 34.2. The summed E-state index contributed by atoms with van der Waals surface area (Å²) in [5.74, 6) is 1.32. The highest BCUT2D eigenvalue weighted by molar-refractivity contribution is 8.18.